The van der Waals surface area contributed by atoms with Crippen LogP contribution in [-0.4, -0.2) is 57.8 Å². The number of thioether (sulfide) groups is 1. The van der Waals surface area contributed by atoms with Crippen molar-refractivity contribution in [3.63, 3.8) is 0 Å². The number of benzene rings is 2. The second-order valence-corrected chi connectivity index (χ2v) is 8.95. The Kier molecular flexibility index (Phi) is 6.31. The predicted molar refractivity (Wildman–Crippen MR) is 119 cm³/mol. The summed E-state index contributed by atoms with van der Waals surface area (Å²) >= 11 is 0.839. The summed E-state index contributed by atoms with van der Waals surface area (Å²) in [6, 6.07) is 16.3. The molecule has 0 bridgehead atoms. The summed E-state index contributed by atoms with van der Waals surface area (Å²) in [5.41, 5.74) is 3.74. The van der Waals surface area contributed by atoms with Gasteiger partial charge in [-0.1, -0.05) is 72.4 Å². The van der Waals surface area contributed by atoms with Crippen molar-refractivity contribution < 1.29 is 24.3 Å². The average molecular weight is 466 g/mol. The van der Waals surface area contributed by atoms with Gasteiger partial charge in [0.15, 0.2) is 0 Å². The van der Waals surface area contributed by atoms with Crippen molar-refractivity contribution in [3.05, 3.63) is 71.8 Å². The molecule has 2 heterocycles. The zero-order valence-corrected chi connectivity index (χ0v) is 18.1. The highest BCUT2D eigenvalue weighted by Gasteiger charge is 2.60. The van der Waals surface area contributed by atoms with Gasteiger partial charge in [-0.25, -0.2) is 10.2 Å². The van der Waals surface area contributed by atoms with Crippen LogP contribution in [0.3, 0.4) is 0 Å². The normalized spacial score (nSPS) is 23.5. The topological polar surface area (TPSA) is 143 Å². The summed E-state index contributed by atoms with van der Waals surface area (Å²) < 4.78 is 0. The van der Waals surface area contributed by atoms with Crippen LogP contribution in [-0.2, 0) is 20.8 Å². The van der Waals surface area contributed by atoms with Crippen molar-refractivity contribution in [2.75, 3.05) is 6.54 Å². The molecule has 2 aromatic carbocycles. The molecule has 0 aliphatic carbocycles. The SMILES string of the molecule is O=C(Cc1ccccc1)NC1C(=O)N2C[C@](NC(=O)N/N=C/c3ccccc3)(C(=O)[O-])S[C@H]12. The molecule has 11 heteroatoms. The second-order valence-electron chi connectivity index (χ2n) is 7.53. The molecule has 0 saturated carbocycles. The van der Waals surface area contributed by atoms with Gasteiger partial charge in [0, 0.05) is 0 Å². The summed E-state index contributed by atoms with van der Waals surface area (Å²) in [5.74, 6) is -2.32. The lowest BCUT2D eigenvalue weighted by atomic mass is 10.1. The molecule has 10 nitrogen and oxygen atoms in total. The second kappa shape index (κ2) is 9.33. The first-order chi connectivity index (χ1) is 15.9. The third-order valence-electron chi connectivity index (χ3n) is 5.20. The molecule has 4 amide bonds. The number of carbonyl (C=O) groups is 4. The van der Waals surface area contributed by atoms with E-state index in [9.17, 15) is 24.3 Å². The third kappa shape index (κ3) is 4.82. The minimum atomic E-state index is -1.87. The highest BCUT2D eigenvalue weighted by molar-refractivity contribution is 8.02. The maximum atomic E-state index is 12.5. The first-order valence-electron chi connectivity index (χ1n) is 10.1. The zero-order chi connectivity index (χ0) is 23.4. The van der Waals surface area contributed by atoms with Crippen LogP contribution in [0.25, 0.3) is 0 Å². The van der Waals surface area contributed by atoms with E-state index in [-0.39, 0.29) is 18.9 Å². The lowest BCUT2D eigenvalue weighted by molar-refractivity contribution is -0.309. The maximum absolute atomic E-state index is 12.5. The lowest BCUT2D eigenvalue weighted by Gasteiger charge is -2.41. The number of aliphatic carboxylic acids is 1. The van der Waals surface area contributed by atoms with Gasteiger partial charge in [0.25, 0.3) is 0 Å². The van der Waals surface area contributed by atoms with E-state index in [1.54, 1.807) is 48.5 Å². The average Bonchev–Trinajstić information content (AvgIpc) is 3.15. The van der Waals surface area contributed by atoms with Gasteiger partial charge in [0.2, 0.25) is 11.8 Å². The van der Waals surface area contributed by atoms with Gasteiger partial charge in [-0.15, -0.1) is 0 Å². The summed E-state index contributed by atoms with van der Waals surface area (Å²) in [6.45, 7) is -0.287. The number of hydrogen-bond acceptors (Lipinski definition) is 7. The molecular formula is C22H20N5O5S-. The summed E-state index contributed by atoms with van der Waals surface area (Å²) in [7, 11) is 0. The summed E-state index contributed by atoms with van der Waals surface area (Å²) in [4.78, 5) is 48.4. The number of carboxylic acids is 1. The van der Waals surface area contributed by atoms with E-state index in [0.29, 0.717) is 0 Å². The van der Waals surface area contributed by atoms with Crippen LogP contribution in [0.15, 0.2) is 65.8 Å². The molecule has 2 aliphatic heterocycles. The quantitative estimate of drug-likeness (QED) is 0.283. The Morgan fingerprint density at radius 1 is 1.12 bits per heavy atom. The molecule has 33 heavy (non-hydrogen) atoms. The number of hydrogen-bond donors (Lipinski definition) is 3. The first-order valence-corrected chi connectivity index (χ1v) is 11.0. The Balaban J connectivity index is 1.36. The molecule has 0 aromatic heterocycles. The largest absolute Gasteiger partial charge is 0.547 e. The van der Waals surface area contributed by atoms with Crippen molar-refractivity contribution in [2.24, 2.45) is 5.10 Å². The van der Waals surface area contributed by atoms with Crippen molar-refractivity contribution in [1.29, 1.82) is 0 Å². The number of hydrazone groups is 1. The number of β-lactam (4-membered cyclic amide) rings is 1. The van der Waals surface area contributed by atoms with Crippen LogP contribution in [0, 0.1) is 0 Å². The molecule has 1 unspecified atom stereocenters. The Morgan fingerprint density at radius 2 is 1.79 bits per heavy atom. The van der Waals surface area contributed by atoms with Crippen LogP contribution in [0.1, 0.15) is 11.1 Å². The summed E-state index contributed by atoms with van der Waals surface area (Å²) in [6.07, 6.45) is 1.50. The standard InChI is InChI=1S/C22H21N5O5S/c28-16(11-14-7-3-1-4-8-14)24-17-18(29)27-13-22(20(30)31,33-19(17)27)25-21(32)26-23-12-15-9-5-2-6-10-15/h1-10,12,17,19H,11,13H2,(H,24,28)(H,30,31)(H2,25,26,32)/p-1/b23-12+/t17?,19-,22-/m1/s1. The van der Waals surface area contributed by atoms with Gasteiger partial charge in [-0.2, -0.15) is 5.10 Å². The molecular weight excluding hydrogens is 446 g/mol. The van der Waals surface area contributed by atoms with Crippen LogP contribution in [0.4, 0.5) is 4.79 Å². The van der Waals surface area contributed by atoms with E-state index >= 15 is 0 Å². The van der Waals surface area contributed by atoms with Crippen LogP contribution >= 0.6 is 11.8 Å². The molecule has 3 N–H and O–H groups in total. The number of amides is 4. The van der Waals surface area contributed by atoms with Crippen LogP contribution in [0.2, 0.25) is 0 Å². The number of nitrogens with zero attached hydrogens (tertiary/aromatic N) is 2. The molecule has 2 aliphatic rings. The fraction of sp³-hybridized carbons (Fsp3) is 0.227. The number of carbonyl (C=O) groups excluding carboxylic acids is 4. The molecule has 2 fully saturated rings. The highest BCUT2D eigenvalue weighted by Crippen LogP contribution is 2.45. The Hall–Kier alpha value is -3.86. The monoisotopic (exact) mass is 466 g/mol. The molecule has 2 saturated heterocycles. The molecule has 0 spiro atoms. The van der Waals surface area contributed by atoms with Gasteiger partial charge in [-0.3, -0.25) is 9.59 Å². The summed E-state index contributed by atoms with van der Waals surface area (Å²) in [5, 5.41) is 20.1. The molecule has 2 aromatic rings. The fourth-order valence-corrected chi connectivity index (χ4v) is 5.09. The number of nitrogens with one attached hydrogen (secondary N) is 3. The number of urea groups is 1. The van der Waals surface area contributed by atoms with E-state index in [1.165, 1.54) is 11.1 Å². The van der Waals surface area contributed by atoms with Gasteiger partial charge < -0.3 is 25.4 Å². The Labute approximate surface area is 193 Å². The molecule has 0 radical (unpaired) electrons. The van der Waals surface area contributed by atoms with E-state index in [4.69, 9.17) is 0 Å². The predicted octanol–water partition coefficient (Wildman–Crippen LogP) is -0.591. The van der Waals surface area contributed by atoms with E-state index in [1.807, 2.05) is 12.1 Å². The van der Waals surface area contributed by atoms with E-state index < -0.39 is 34.2 Å². The lowest BCUT2D eigenvalue weighted by Crippen LogP contribution is -2.68. The van der Waals surface area contributed by atoms with Crippen molar-refractivity contribution in [3.8, 4) is 0 Å². The van der Waals surface area contributed by atoms with Crippen molar-refractivity contribution >= 4 is 41.8 Å². The highest BCUT2D eigenvalue weighted by atomic mass is 32.2. The molecule has 3 atom stereocenters. The van der Waals surface area contributed by atoms with Crippen LogP contribution < -0.4 is 21.2 Å². The fourth-order valence-electron chi connectivity index (χ4n) is 3.59. The van der Waals surface area contributed by atoms with E-state index in [0.717, 1.165) is 22.9 Å². The smallest absolute Gasteiger partial charge is 0.336 e. The minimum absolute atomic E-state index is 0.0910. The van der Waals surface area contributed by atoms with Gasteiger partial charge in [0.1, 0.15) is 16.3 Å². The first kappa shape index (κ1) is 22.3. The number of fused-ring (bicyclic) bond motifs is 1. The Bertz CT molecular complexity index is 1100. The molecule has 170 valence electrons. The van der Waals surface area contributed by atoms with Crippen LogP contribution in [0.5, 0.6) is 0 Å². The number of carboxylic acid groups (broad SMARTS) is 1. The minimum Gasteiger partial charge on any atom is -0.547 e. The van der Waals surface area contributed by atoms with E-state index in [2.05, 4.69) is 21.2 Å². The Morgan fingerprint density at radius 3 is 2.45 bits per heavy atom. The van der Waals surface area contributed by atoms with Crippen molar-refractivity contribution in [2.45, 2.75) is 22.7 Å². The number of rotatable bonds is 7. The molecule has 4 rings (SSSR count). The van der Waals surface area contributed by atoms with Gasteiger partial charge in [0.05, 0.1) is 25.1 Å². The zero-order valence-electron chi connectivity index (χ0n) is 17.3. The van der Waals surface area contributed by atoms with Crippen molar-refractivity contribution in [1.82, 2.24) is 21.0 Å². The third-order valence-corrected chi connectivity index (χ3v) is 6.77. The van der Waals surface area contributed by atoms with Gasteiger partial charge in [-0.05, 0) is 11.1 Å². The maximum Gasteiger partial charge on any atom is 0.336 e. The van der Waals surface area contributed by atoms with Gasteiger partial charge >= 0.3 is 6.03 Å².